The molecule has 0 saturated heterocycles. The summed E-state index contributed by atoms with van der Waals surface area (Å²) < 4.78 is 26.1. The Hall–Kier alpha value is -1.13. The first kappa shape index (κ1) is 12.9. The Bertz CT molecular complexity index is 471. The van der Waals surface area contributed by atoms with E-state index in [9.17, 15) is 8.78 Å². The molecular formula is C9H6BrF2N3S. The quantitative estimate of drug-likeness (QED) is 0.285. The Morgan fingerprint density at radius 1 is 1.56 bits per heavy atom. The van der Waals surface area contributed by atoms with Gasteiger partial charge in [-0.1, -0.05) is 11.8 Å². The Kier molecular flexibility index (Phi) is 4.71. The van der Waals surface area contributed by atoms with E-state index in [1.54, 1.807) is 12.4 Å². The molecule has 0 aliphatic rings. The van der Waals surface area contributed by atoms with E-state index in [-0.39, 0.29) is 15.3 Å². The maximum atomic E-state index is 13.1. The van der Waals surface area contributed by atoms with Crippen molar-refractivity contribution in [3.05, 3.63) is 28.2 Å². The molecular weight excluding hydrogens is 300 g/mol. The van der Waals surface area contributed by atoms with Crippen LogP contribution in [0.2, 0.25) is 0 Å². The monoisotopic (exact) mass is 305 g/mol. The largest absolute Gasteiger partial charge is 0.271 e. The Balaban J connectivity index is 3.18. The average molecular weight is 306 g/mol. The first-order valence-corrected chi connectivity index (χ1v) is 6.02. The van der Waals surface area contributed by atoms with Gasteiger partial charge in [0.2, 0.25) is 0 Å². The molecule has 84 valence electrons. The van der Waals surface area contributed by atoms with Gasteiger partial charge in [-0.25, -0.2) is 13.8 Å². The van der Waals surface area contributed by atoms with Crippen molar-refractivity contribution in [1.82, 2.24) is 5.32 Å². The predicted molar refractivity (Wildman–Crippen MR) is 63.4 cm³/mol. The van der Waals surface area contributed by atoms with Crippen molar-refractivity contribution in [2.24, 2.45) is 4.99 Å². The number of benzene rings is 1. The number of rotatable bonds is 1. The van der Waals surface area contributed by atoms with E-state index >= 15 is 0 Å². The molecule has 0 bridgehead atoms. The van der Waals surface area contributed by atoms with Crippen molar-refractivity contribution in [1.29, 1.82) is 5.26 Å². The van der Waals surface area contributed by atoms with Crippen LogP contribution in [0.4, 0.5) is 14.5 Å². The minimum atomic E-state index is -0.740. The number of nitrogens with zero attached hydrogens (tertiary/aromatic N) is 2. The number of hydrogen-bond acceptors (Lipinski definition) is 3. The van der Waals surface area contributed by atoms with Gasteiger partial charge < -0.3 is 0 Å². The first-order chi connectivity index (χ1) is 7.58. The Morgan fingerprint density at radius 2 is 2.25 bits per heavy atom. The van der Waals surface area contributed by atoms with Crippen LogP contribution in [0.1, 0.15) is 0 Å². The van der Waals surface area contributed by atoms with Gasteiger partial charge >= 0.3 is 0 Å². The number of nitrogens with one attached hydrogen (secondary N) is 1. The molecule has 0 unspecified atom stereocenters. The molecule has 0 aliphatic carbocycles. The van der Waals surface area contributed by atoms with Crippen molar-refractivity contribution >= 4 is 38.5 Å². The molecule has 0 radical (unpaired) electrons. The second-order valence-corrected chi connectivity index (χ2v) is 4.17. The van der Waals surface area contributed by atoms with Gasteiger partial charge in [0.1, 0.15) is 11.6 Å². The van der Waals surface area contributed by atoms with Crippen molar-refractivity contribution in [3.8, 4) is 6.19 Å². The summed E-state index contributed by atoms with van der Waals surface area (Å²) in [5.41, 5.74) is 0.0876. The van der Waals surface area contributed by atoms with Crippen molar-refractivity contribution in [2.75, 3.05) is 6.26 Å². The fourth-order valence-corrected chi connectivity index (χ4v) is 1.56. The fourth-order valence-electron chi connectivity index (χ4n) is 0.906. The standard InChI is InChI=1S/C9H6BrF2N3S/c1-16-9(14-4-13)15-7-3-5(11)2-6(12)8(7)10/h2-3H,1H3,(H,14,15). The molecule has 0 atom stereocenters. The summed E-state index contributed by atoms with van der Waals surface area (Å²) in [5, 5.41) is 11.0. The number of amidine groups is 1. The normalized spacial score (nSPS) is 11.1. The van der Waals surface area contributed by atoms with Gasteiger partial charge in [-0.05, 0) is 22.2 Å². The topological polar surface area (TPSA) is 48.2 Å². The first-order valence-electron chi connectivity index (χ1n) is 4.00. The van der Waals surface area contributed by atoms with Gasteiger partial charge in [-0.3, -0.25) is 5.32 Å². The molecule has 0 heterocycles. The summed E-state index contributed by atoms with van der Waals surface area (Å²) in [6.45, 7) is 0. The van der Waals surface area contributed by atoms with E-state index in [1.807, 2.05) is 0 Å². The van der Waals surface area contributed by atoms with Gasteiger partial charge in [-0.2, -0.15) is 5.26 Å². The molecule has 16 heavy (non-hydrogen) atoms. The maximum Gasteiger partial charge on any atom is 0.183 e. The van der Waals surface area contributed by atoms with E-state index in [0.29, 0.717) is 0 Å². The summed E-state index contributed by atoms with van der Waals surface area (Å²) in [4.78, 5) is 3.91. The number of thioether (sulfide) groups is 1. The van der Waals surface area contributed by atoms with Gasteiger partial charge in [0.25, 0.3) is 0 Å². The van der Waals surface area contributed by atoms with Gasteiger partial charge in [-0.15, -0.1) is 0 Å². The van der Waals surface area contributed by atoms with E-state index in [0.717, 1.165) is 23.9 Å². The number of nitriles is 1. The maximum absolute atomic E-state index is 13.1. The molecule has 7 heteroatoms. The van der Waals surface area contributed by atoms with Crippen LogP contribution in [-0.4, -0.2) is 11.4 Å². The molecule has 1 aromatic rings. The van der Waals surface area contributed by atoms with E-state index in [1.165, 1.54) is 0 Å². The lowest BCUT2D eigenvalue weighted by atomic mass is 10.3. The third-order valence-corrected chi connectivity index (χ3v) is 2.92. The molecule has 1 rings (SSSR count). The lowest BCUT2D eigenvalue weighted by Gasteiger charge is -2.03. The highest BCUT2D eigenvalue weighted by atomic mass is 79.9. The van der Waals surface area contributed by atoms with Gasteiger partial charge in [0.05, 0.1) is 10.2 Å². The zero-order valence-corrected chi connectivity index (χ0v) is 10.5. The van der Waals surface area contributed by atoms with Crippen LogP contribution >= 0.6 is 27.7 Å². The lowest BCUT2D eigenvalue weighted by molar-refractivity contribution is 0.580. The van der Waals surface area contributed by atoms with E-state index < -0.39 is 11.6 Å². The smallest absolute Gasteiger partial charge is 0.183 e. The molecule has 0 amide bonds. The summed E-state index contributed by atoms with van der Waals surface area (Å²) in [7, 11) is 0. The fraction of sp³-hybridized carbons (Fsp3) is 0.111. The van der Waals surface area contributed by atoms with Crippen LogP contribution in [0.3, 0.4) is 0 Å². The average Bonchev–Trinajstić information content (AvgIpc) is 2.24. The summed E-state index contributed by atoms with van der Waals surface area (Å²) in [5.74, 6) is -1.46. The SMILES string of the molecule is CSC(=Nc1cc(F)cc(F)c1Br)NC#N. The molecule has 0 saturated carbocycles. The van der Waals surface area contributed by atoms with Crippen molar-refractivity contribution in [3.63, 3.8) is 0 Å². The van der Waals surface area contributed by atoms with Crippen LogP contribution in [-0.2, 0) is 0 Å². The minimum absolute atomic E-state index is 0.0557. The molecule has 3 nitrogen and oxygen atoms in total. The second kappa shape index (κ2) is 5.82. The molecule has 0 spiro atoms. The van der Waals surface area contributed by atoms with Crippen LogP contribution in [0.25, 0.3) is 0 Å². The Labute approximate surface area is 104 Å². The Morgan fingerprint density at radius 3 is 2.81 bits per heavy atom. The second-order valence-electron chi connectivity index (χ2n) is 2.58. The summed E-state index contributed by atoms with van der Waals surface area (Å²) >= 11 is 4.11. The highest BCUT2D eigenvalue weighted by Gasteiger charge is 2.09. The van der Waals surface area contributed by atoms with Gasteiger partial charge in [0.15, 0.2) is 11.4 Å². The van der Waals surface area contributed by atoms with Crippen molar-refractivity contribution < 1.29 is 8.78 Å². The predicted octanol–water partition coefficient (Wildman–Crippen LogP) is 3.15. The molecule has 1 N–H and O–H groups in total. The van der Waals surface area contributed by atoms with Crippen LogP contribution in [0.5, 0.6) is 0 Å². The number of halogens is 3. The minimum Gasteiger partial charge on any atom is -0.271 e. The molecule has 0 aliphatic heterocycles. The van der Waals surface area contributed by atoms with Gasteiger partial charge in [0, 0.05) is 12.1 Å². The third-order valence-electron chi connectivity index (χ3n) is 1.55. The zero-order valence-electron chi connectivity index (χ0n) is 8.09. The molecule has 0 fully saturated rings. The van der Waals surface area contributed by atoms with Crippen molar-refractivity contribution in [2.45, 2.75) is 0 Å². The highest BCUT2D eigenvalue weighted by molar-refractivity contribution is 9.10. The third kappa shape index (κ3) is 3.18. The zero-order chi connectivity index (χ0) is 12.1. The molecule has 0 aromatic heterocycles. The number of aliphatic imine (C=N–C) groups is 1. The van der Waals surface area contributed by atoms with E-state index in [4.69, 9.17) is 5.26 Å². The van der Waals surface area contributed by atoms with Crippen LogP contribution < -0.4 is 5.32 Å². The highest BCUT2D eigenvalue weighted by Crippen LogP contribution is 2.29. The van der Waals surface area contributed by atoms with Crippen LogP contribution in [0.15, 0.2) is 21.6 Å². The van der Waals surface area contributed by atoms with E-state index in [2.05, 4.69) is 26.2 Å². The lowest BCUT2D eigenvalue weighted by Crippen LogP contribution is -2.12. The summed E-state index contributed by atoms with van der Waals surface area (Å²) in [6, 6.07) is 1.82. The van der Waals surface area contributed by atoms with Crippen LogP contribution in [0, 0.1) is 23.1 Å². The number of hydrogen-bond donors (Lipinski definition) is 1. The summed E-state index contributed by atoms with van der Waals surface area (Å²) in [6.07, 6.45) is 3.37. The molecule has 1 aromatic carbocycles.